The molecule has 112 valence electrons. The van der Waals surface area contributed by atoms with Crippen molar-refractivity contribution >= 4 is 21.7 Å². The quantitative estimate of drug-likeness (QED) is 0.881. The Morgan fingerprint density at radius 3 is 2.81 bits per heavy atom. The van der Waals surface area contributed by atoms with Gasteiger partial charge in [-0.1, -0.05) is 53.7 Å². The van der Waals surface area contributed by atoms with Crippen LogP contribution in [0.4, 0.5) is 5.82 Å². The molecule has 3 rings (SSSR count). The van der Waals surface area contributed by atoms with E-state index in [9.17, 15) is 0 Å². The van der Waals surface area contributed by atoms with Crippen molar-refractivity contribution in [3.05, 3.63) is 34.4 Å². The first-order chi connectivity index (χ1) is 10.1. The third-order valence-corrected chi connectivity index (χ3v) is 5.03. The van der Waals surface area contributed by atoms with Crippen LogP contribution in [0.25, 0.3) is 11.1 Å². The van der Waals surface area contributed by atoms with Gasteiger partial charge in [0, 0.05) is 17.1 Å². The van der Waals surface area contributed by atoms with Crippen molar-refractivity contribution in [3.8, 4) is 11.1 Å². The summed E-state index contributed by atoms with van der Waals surface area (Å²) in [4.78, 5) is 0. The topological polar surface area (TPSA) is 43.8 Å². The van der Waals surface area contributed by atoms with Crippen molar-refractivity contribution in [2.45, 2.75) is 38.5 Å². The summed E-state index contributed by atoms with van der Waals surface area (Å²) in [6.45, 7) is 0. The van der Waals surface area contributed by atoms with Gasteiger partial charge >= 0.3 is 0 Å². The highest BCUT2D eigenvalue weighted by molar-refractivity contribution is 9.10. The molecule has 0 aliphatic heterocycles. The van der Waals surface area contributed by atoms with Crippen LogP contribution in [0.5, 0.6) is 0 Å². The fraction of sp³-hybridized carbons (Fsp3) is 0.471. The summed E-state index contributed by atoms with van der Waals surface area (Å²) in [5.41, 5.74) is 9.65. The maximum absolute atomic E-state index is 6.25. The van der Waals surface area contributed by atoms with Gasteiger partial charge in [-0.3, -0.25) is 4.68 Å². The molecule has 0 spiro atoms. The number of aromatic nitrogens is 2. The molecule has 1 aliphatic carbocycles. The third kappa shape index (κ3) is 3.15. The van der Waals surface area contributed by atoms with Gasteiger partial charge in [-0.2, -0.15) is 5.10 Å². The predicted molar refractivity (Wildman–Crippen MR) is 91.0 cm³/mol. The predicted octanol–water partition coefficient (Wildman–Crippen LogP) is 4.55. The average molecular weight is 348 g/mol. The number of halogens is 1. The molecule has 4 heteroatoms. The number of aryl methyl sites for hydroxylation is 2. The standard InChI is InChI=1S/C17H22BrN3/c1-21-17(19)16(13-7-4-8-14(18)11-13)15(20-21)10-9-12-5-2-3-6-12/h4,7-8,11-12H,2-3,5-6,9-10,19H2,1H3. The van der Waals surface area contributed by atoms with Crippen LogP contribution in [-0.2, 0) is 13.5 Å². The molecule has 1 aliphatic rings. The highest BCUT2D eigenvalue weighted by Crippen LogP contribution is 2.34. The smallest absolute Gasteiger partial charge is 0.129 e. The lowest BCUT2D eigenvalue weighted by Gasteiger charge is -2.09. The average Bonchev–Trinajstić information content (AvgIpc) is 3.06. The maximum Gasteiger partial charge on any atom is 0.129 e. The number of nitrogens with zero attached hydrogens (tertiary/aromatic N) is 2. The van der Waals surface area contributed by atoms with Crippen molar-refractivity contribution < 1.29 is 0 Å². The zero-order valence-electron chi connectivity index (χ0n) is 12.5. The number of rotatable bonds is 4. The lowest BCUT2D eigenvalue weighted by atomic mass is 9.97. The minimum atomic E-state index is 0.759. The van der Waals surface area contributed by atoms with Crippen LogP contribution in [0.1, 0.15) is 37.8 Å². The molecule has 2 aromatic rings. The molecule has 0 unspecified atom stereocenters. The Hall–Kier alpha value is -1.29. The van der Waals surface area contributed by atoms with Crippen molar-refractivity contribution in [1.29, 1.82) is 0 Å². The summed E-state index contributed by atoms with van der Waals surface area (Å²) in [5.74, 6) is 1.64. The molecule has 0 bridgehead atoms. The van der Waals surface area contributed by atoms with Crippen molar-refractivity contribution in [1.82, 2.24) is 9.78 Å². The molecule has 1 aromatic carbocycles. The van der Waals surface area contributed by atoms with Gasteiger partial charge in [-0.05, 0) is 36.5 Å². The molecule has 0 saturated heterocycles. The lowest BCUT2D eigenvalue weighted by molar-refractivity contribution is 0.499. The van der Waals surface area contributed by atoms with E-state index in [0.29, 0.717) is 0 Å². The summed E-state index contributed by atoms with van der Waals surface area (Å²) < 4.78 is 2.88. The normalized spacial score (nSPS) is 15.7. The van der Waals surface area contributed by atoms with Crippen LogP contribution < -0.4 is 5.73 Å². The summed E-state index contributed by atoms with van der Waals surface area (Å²) >= 11 is 3.54. The van der Waals surface area contributed by atoms with Crippen LogP contribution in [0, 0.1) is 5.92 Å². The Morgan fingerprint density at radius 2 is 2.10 bits per heavy atom. The fourth-order valence-corrected chi connectivity index (χ4v) is 3.77. The fourth-order valence-electron chi connectivity index (χ4n) is 3.37. The minimum absolute atomic E-state index is 0.759. The van der Waals surface area contributed by atoms with E-state index in [0.717, 1.165) is 39.5 Å². The van der Waals surface area contributed by atoms with Gasteiger partial charge in [-0.25, -0.2) is 0 Å². The van der Waals surface area contributed by atoms with Crippen molar-refractivity contribution in [2.75, 3.05) is 5.73 Å². The minimum Gasteiger partial charge on any atom is -0.383 e. The van der Waals surface area contributed by atoms with E-state index in [4.69, 9.17) is 5.73 Å². The Labute approximate surface area is 134 Å². The largest absolute Gasteiger partial charge is 0.383 e. The van der Waals surface area contributed by atoms with Gasteiger partial charge < -0.3 is 5.73 Å². The van der Waals surface area contributed by atoms with Gasteiger partial charge in [0.2, 0.25) is 0 Å². The second-order valence-electron chi connectivity index (χ2n) is 6.03. The van der Waals surface area contributed by atoms with Crippen LogP contribution in [0.3, 0.4) is 0 Å². The van der Waals surface area contributed by atoms with E-state index in [1.165, 1.54) is 32.1 Å². The first kappa shape index (κ1) is 14.6. The first-order valence-corrected chi connectivity index (χ1v) is 8.51. The molecular weight excluding hydrogens is 326 g/mol. The molecule has 21 heavy (non-hydrogen) atoms. The van der Waals surface area contributed by atoms with E-state index >= 15 is 0 Å². The molecule has 1 aromatic heterocycles. The number of nitrogen functional groups attached to an aromatic ring is 1. The molecule has 2 N–H and O–H groups in total. The molecule has 1 saturated carbocycles. The Balaban J connectivity index is 1.88. The Kier molecular flexibility index (Phi) is 4.34. The highest BCUT2D eigenvalue weighted by atomic mass is 79.9. The zero-order chi connectivity index (χ0) is 14.8. The van der Waals surface area contributed by atoms with E-state index in [-0.39, 0.29) is 0 Å². The Morgan fingerprint density at radius 1 is 1.33 bits per heavy atom. The van der Waals surface area contributed by atoms with Crippen LogP contribution in [-0.4, -0.2) is 9.78 Å². The summed E-state index contributed by atoms with van der Waals surface area (Å²) in [7, 11) is 1.93. The van der Waals surface area contributed by atoms with Gasteiger partial charge in [0.15, 0.2) is 0 Å². The second-order valence-corrected chi connectivity index (χ2v) is 6.95. The Bertz CT molecular complexity index is 627. The summed E-state index contributed by atoms with van der Waals surface area (Å²) in [6, 6.07) is 8.31. The molecule has 1 fully saturated rings. The number of hydrogen-bond donors (Lipinski definition) is 1. The first-order valence-electron chi connectivity index (χ1n) is 7.72. The molecule has 3 nitrogen and oxygen atoms in total. The molecular formula is C17H22BrN3. The highest BCUT2D eigenvalue weighted by Gasteiger charge is 2.19. The van der Waals surface area contributed by atoms with Gasteiger partial charge in [-0.15, -0.1) is 0 Å². The molecule has 0 radical (unpaired) electrons. The van der Waals surface area contributed by atoms with E-state index < -0.39 is 0 Å². The van der Waals surface area contributed by atoms with Gasteiger partial charge in [0.05, 0.1) is 5.69 Å². The maximum atomic E-state index is 6.25. The number of benzene rings is 1. The zero-order valence-corrected chi connectivity index (χ0v) is 14.1. The van der Waals surface area contributed by atoms with E-state index in [1.54, 1.807) is 4.68 Å². The van der Waals surface area contributed by atoms with E-state index in [2.05, 4.69) is 33.2 Å². The molecule has 0 atom stereocenters. The summed E-state index contributed by atoms with van der Waals surface area (Å²) in [5, 5.41) is 4.65. The van der Waals surface area contributed by atoms with Crippen LogP contribution in [0.15, 0.2) is 28.7 Å². The number of anilines is 1. The molecule has 0 amide bonds. The van der Waals surface area contributed by atoms with Gasteiger partial charge in [0.25, 0.3) is 0 Å². The number of nitrogens with two attached hydrogens (primary N) is 1. The molecule has 1 heterocycles. The van der Waals surface area contributed by atoms with Crippen molar-refractivity contribution in [3.63, 3.8) is 0 Å². The second kappa shape index (κ2) is 6.22. The third-order valence-electron chi connectivity index (χ3n) is 4.54. The number of hydrogen-bond acceptors (Lipinski definition) is 2. The van der Waals surface area contributed by atoms with Crippen LogP contribution in [0.2, 0.25) is 0 Å². The lowest BCUT2D eigenvalue weighted by Crippen LogP contribution is -1.99. The summed E-state index contributed by atoms with van der Waals surface area (Å²) in [6.07, 6.45) is 7.82. The van der Waals surface area contributed by atoms with Gasteiger partial charge in [0.1, 0.15) is 5.82 Å². The van der Waals surface area contributed by atoms with Crippen molar-refractivity contribution in [2.24, 2.45) is 13.0 Å². The van der Waals surface area contributed by atoms with Crippen LogP contribution >= 0.6 is 15.9 Å². The SMILES string of the molecule is Cn1nc(CCC2CCCC2)c(-c2cccc(Br)c2)c1N. The monoisotopic (exact) mass is 347 g/mol. The van der Waals surface area contributed by atoms with E-state index in [1.807, 2.05) is 19.2 Å².